The van der Waals surface area contributed by atoms with Crippen LogP contribution in [0, 0.1) is 30.9 Å². The van der Waals surface area contributed by atoms with Crippen LogP contribution in [0.4, 0.5) is 11.4 Å². The van der Waals surface area contributed by atoms with Gasteiger partial charge in [-0.05, 0) is 37.5 Å². The Hall–Kier alpha value is -3.15. The summed E-state index contributed by atoms with van der Waals surface area (Å²) in [4.78, 5) is 22.8. The number of hydrogen-bond donors (Lipinski definition) is 1. The number of rotatable bonds is 4. The van der Waals surface area contributed by atoms with Crippen LogP contribution in [-0.2, 0) is 11.2 Å². The van der Waals surface area contributed by atoms with Crippen molar-refractivity contribution in [3.05, 3.63) is 69.0 Å². The summed E-state index contributed by atoms with van der Waals surface area (Å²) in [5.41, 5.74) is 4.92. The van der Waals surface area contributed by atoms with E-state index in [2.05, 4.69) is 5.32 Å². The summed E-state index contributed by atoms with van der Waals surface area (Å²) in [7, 11) is 0. The van der Waals surface area contributed by atoms with E-state index in [4.69, 9.17) is 4.42 Å². The lowest BCUT2D eigenvalue weighted by Crippen LogP contribution is -2.15. The van der Waals surface area contributed by atoms with Gasteiger partial charge >= 0.3 is 0 Å². The number of non-ortho nitro benzene ring substituents is 1. The molecule has 0 aliphatic carbocycles. The molecule has 1 aromatic heterocycles. The fourth-order valence-electron chi connectivity index (χ4n) is 2.75. The average molecular weight is 338 g/mol. The first-order valence-corrected chi connectivity index (χ1v) is 7.88. The van der Waals surface area contributed by atoms with Gasteiger partial charge in [0.15, 0.2) is 0 Å². The Morgan fingerprint density at radius 2 is 1.88 bits per heavy atom. The van der Waals surface area contributed by atoms with Gasteiger partial charge in [0.25, 0.3) is 5.69 Å². The summed E-state index contributed by atoms with van der Waals surface area (Å²) in [6, 6.07) is 8.35. The molecule has 0 atom stereocenters. The molecule has 1 amide bonds. The van der Waals surface area contributed by atoms with Crippen molar-refractivity contribution in [1.82, 2.24) is 0 Å². The van der Waals surface area contributed by atoms with Crippen molar-refractivity contribution in [2.45, 2.75) is 27.2 Å². The molecule has 0 saturated heterocycles. The minimum absolute atomic E-state index is 0.0549. The number of carbonyl (C=O) groups is 1. The Morgan fingerprint density at radius 3 is 2.60 bits per heavy atom. The van der Waals surface area contributed by atoms with Crippen molar-refractivity contribution in [2.24, 2.45) is 0 Å². The molecule has 0 aliphatic heterocycles. The Morgan fingerprint density at radius 1 is 1.16 bits per heavy atom. The number of benzene rings is 2. The van der Waals surface area contributed by atoms with Crippen LogP contribution in [0.1, 0.15) is 22.3 Å². The van der Waals surface area contributed by atoms with Crippen LogP contribution in [0.3, 0.4) is 0 Å². The van der Waals surface area contributed by atoms with E-state index in [9.17, 15) is 14.9 Å². The third kappa shape index (κ3) is 3.24. The smallest absolute Gasteiger partial charge is 0.271 e. The Balaban J connectivity index is 1.83. The van der Waals surface area contributed by atoms with Crippen molar-refractivity contribution in [3.8, 4) is 0 Å². The first kappa shape index (κ1) is 16.7. The molecule has 1 N–H and O–H groups in total. The van der Waals surface area contributed by atoms with Gasteiger partial charge in [0, 0.05) is 23.1 Å². The number of carbonyl (C=O) groups excluding carboxylic acids is 1. The molecular formula is C19H18N2O4. The monoisotopic (exact) mass is 338 g/mol. The molecule has 0 aliphatic rings. The van der Waals surface area contributed by atoms with Crippen LogP contribution >= 0.6 is 0 Å². The van der Waals surface area contributed by atoms with Gasteiger partial charge in [-0.15, -0.1) is 0 Å². The largest absolute Gasteiger partial charge is 0.464 e. The first-order chi connectivity index (χ1) is 11.9. The van der Waals surface area contributed by atoms with Crippen LogP contribution < -0.4 is 5.32 Å². The molecule has 25 heavy (non-hydrogen) atoms. The lowest BCUT2D eigenvalue weighted by Gasteiger charge is -2.08. The summed E-state index contributed by atoms with van der Waals surface area (Å²) in [6.45, 7) is 5.78. The number of nitrogens with zero attached hydrogens (tertiary/aromatic N) is 1. The van der Waals surface area contributed by atoms with Gasteiger partial charge in [0.2, 0.25) is 5.91 Å². The van der Waals surface area contributed by atoms with Crippen molar-refractivity contribution >= 4 is 28.3 Å². The molecule has 2 aromatic carbocycles. The molecule has 0 spiro atoms. The van der Waals surface area contributed by atoms with Gasteiger partial charge in [-0.2, -0.15) is 0 Å². The quantitative estimate of drug-likeness (QED) is 0.562. The van der Waals surface area contributed by atoms with Crippen molar-refractivity contribution in [2.75, 3.05) is 5.32 Å². The highest BCUT2D eigenvalue weighted by Gasteiger charge is 2.15. The van der Waals surface area contributed by atoms with Crippen LogP contribution in [0.15, 0.2) is 41.0 Å². The molecule has 0 fully saturated rings. The van der Waals surface area contributed by atoms with Gasteiger partial charge in [-0.3, -0.25) is 14.9 Å². The number of anilines is 1. The number of fused-ring (bicyclic) bond motifs is 1. The summed E-state index contributed by atoms with van der Waals surface area (Å²) in [5, 5.41) is 14.6. The van der Waals surface area contributed by atoms with Crippen LogP contribution in [0.25, 0.3) is 11.0 Å². The molecule has 0 bridgehead atoms. The Bertz CT molecular complexity index is 988. The molecular weight excluding hydrogens is 320 g/mol. The molecule has 1 heterocycles. The summed E-state index contributed by atoms with van der Waals surface area (Å²) < 4.78 is 5.62. The van der Waals surface area contributed by atoms with E-state index in [1.807, 2.05) is 26.0 Å². The third-order valence-corrected chi connectivity index (χ3v) is 4.40. The third-order valence-electron chi connectivity index (χ3n) is 4.40. The Labute approximate surface area is 144 Å². The van der Waals surface area contributed by atoms with Crippen LogP contribution in [0.2, 0.25) is 0 Å². The van der Waals surface area contributed by atoms with E-state index in [0.29, 0.717) is 5.69 Å². The fourth-order valence-corrected chi connectivity index (χ4v) is 2.75. The first-order valence-electron chi connectivity index (χ1n) is 7.88. The number of hydrogen-bond acceptors (Lipinski definition) is 4. The van der Waals surface area contributed by atoms with E-state index in [1.165, 1.54) is 12.1 Å². The number of aryl methyl sites for hydroxylation is 3. The maximum absolute atomic E-state index is 12.4. The number of nitro benzene ring substituents is 1. The van der Waals surface area contributed by atoms with Gasteiger partial charge in [-0.25, -0.2) is 0 Å². The van der Waals surface area contributed by atoms with E-state index in [0.717, 1.165) is 33.2 Å². The van der Waals surface area contributed by atoms with Crippen molar-refractivity contribution < 1.29 is 14.1 Å². The zero-order valence-electron chi connectivity index (χ0n) is 14.3. The predicted octanol–water partition coefficient (Wildman–Crippen LogP) is 4.45. The number of furan rings is 1. The van der Waals surface area contributed by atoms with Gasteiger partial charge < -0.3 is 9.73 Å². The molecule has 6 nitrogen and oxygen atoms in total. The molecule has 6 heteroatoms. The van der Waals surface area contributed by atoms with E-state index in [1.54, 1.807) is 19.3 Å². The SMILES string of the molecule is Cc1ccc([N+](=O)[O-])cc1NC(=O)Cc1coc2c(C)c(C)ccc12. The molecule has 0 unspecified atom stereocenters. The highest BCUT2D eigenvalue weighted by molar-refractivity contribution is 5.96. The summed E-state index contributed by atoms with van der Waals surface area (Å²) in [5.74, 6) is -0.246. The highest BCUT2D eigenvalue weighted by Crippen LogP contribution is 2.27. The second-order valence-corrected chi connectivity index (χ2v) is 6.13. The van der Waals surface area contributed by atoms with E-state index >= 15 is 0 Å². The lowest BCUT2D eigenvalue weighted by molar-refractivity contribution is -0.384. The summed E-state index contributed by atoms with van der Waals surface area (Å²) >= 11 is 0. The average Bonchev–Trinajstić information content (AvgIpc) is 2.96. The van der Waals surface area contributed by atoms with Crippen molar-refractivity contribution in [1.29, 1.82) is 0 Å². The van der Waals surface area contributed by atoms with E-state index in [-0.39, 0.29) is 18.0 Å². The van der Waals surface area contributed by atoms with Crippen molar-refractivity contribution in [3.63, 3.8) is 0 Å². The zero-order valence-corrected chi connectivity index (χ0v) is 14.3. The normalized spacial score (nSPS) is 10.8. The Kier molecular flexibility index (Phi) is 4.27. The molecule has 0 saturated carbocycles. The second kappa shape index (κ2) is 6.39. The maximum Gasteiger partial charge on any atom is 0.271 e. The molecule has 3 rings (SSSR count). The van der Waals surface area contributed by atoms with E-state index < -0.39 is 4.92 Å². The number of nitro groups is 1. The second-order valence-electron chi connectivity index (χ2n) is 6.13. The highest BCUT2D eigenvalue weighted by atomic mass is 16.6. The predicted molar refractivity (Wildman–Crippen MR) is 95.9 cm³/mol. The minimum Gasteiger partial charge on any atom is -0.464 e. The summed E-state index contributed by atoms with van der Waals surface area (Å²) in [6.07, 6.45) is 1.73. The fraction of sp³-hybridized carbons (Fsp3) is 0.211. The molecule has 3 aromatic rings. The van der Waals surface area contributed by atoms with Crippen LogP contribution in [-0.4, -0.2) is 10.8 Å². The number of amides is 1. The maximum atomic E-state index is 12.4. The number of nitrogens with one attached hydrogen (secondary N) is 1. The minimum atomic E-state index is -0.482. The molecule has 0 radical (unpaired) electrons. The van der Waals surface area contributed by atoms with Gasteiger partial charge in [-0.1, -0.05) is 18.2 Å². The van der Waals surface area contributed by atoms with Gasteiger partial charge in [0.05, 0.1) is 23.3 Å². The van der Waals surface area contributed by atoms with Gasteiger partial charge in [0.1, 0.15) is 5.58 Å². The lowest BCUT2D eigenvalue weighted by atomic mass is 10.0. The topological polar surface area (TPSA) is 85.4 Å². The van der Waals surface area contributed by atoms with Crippen LogP contribution in [0.5, 0.6) is 0 Å². The molecule has 128 valence electrons. The zero-order chi connectivity index (χ0) is 18.1. The standard InChI is InChI=1S/C19H18N2O4/c1-11-5-7-16-14(10-25-19(16)13(11)3)8-18(22)20-17-9-15(21(23)24)6-4-12(17)2/h4-7,9-10H,8H2,1-3H3,(H,20,22).